The normalized spacial score (nSPS) is 15.7. The van der Waals surface area contributed by atoms with Crippen LogP contribution in [-0.4, -0.2) is 21.3 Å². The highest BCUT2D eigenvalue weighted by atomic mass is 19.1. The summed E-state index contributed by atoms with van der Waals surface area (Å²) in [6.45, 7) is 3.81. The molecule has 23 heavy (non-hydrogen) atoms. The minimum Gasteiger partial charge on any atom is -0.369 e. The lowest BCUT2D eigenvalue weighted by atomic mass is 10.1. The van der Waals surface area contributed by atoms with E-state index in [1.807, 2.05) is 36.1 Å². The molecule has 1 aliphatic carbocycles. The fourth-order valence-electron chi connectivity index (χ4n) is 3.04. The van der Waals surface area contributed by atoms with Gasteiger partial charge in [-0.15, -0.1) is 0 Å². The molecule has 1 aliphatic rings. The molecule has 1 saturated carbocycles. The van der Waals surface area contributed by atoms with Crippen LogP contribution in [-0.2, 0) is 6.54 Å². The summed E-state index contributed by atoms with van der Waals surface area (Å²) in [4.78, 5) is 4.60. The maximum absolute atomic E-state index is 13.4. The standard InChI is InChI=1S/C18H19FN4/c1-13-9-17(22-16-4-3-14(19)10-15(13)16)20-11-18(5-6-18)12-23-8-2-7-21-23/h2-4,7-10H,5-6,11-12H2,1H3,(H,20,22). The Kier molecular flexibility index (Phi) is 3.29. The summed E-state index contributed by atoms with van der Waals surface area (Å²) in [7, 11) is 0. The van der Waals surface area contributed by atoms with Gasteiger partial charge in [0.05, 0.1) is 5.52 Å². The van der Waals surface area contributed by atoms with Crippen molar-refractivity contribution in [2.24, 2.45) is 5.41 Å². The predicted octanol–water partition coefficient (Wildman–Crippen LogP) is 3.77. The van der Waals surface area contributed by atoms with Crippen molar-refractivity contribution in [2.75, 3.05) is 11.9 Å². The Bertz CT molecular complexity index is 838. The van der Waals surface area contributed by atoms with Crippen molar-refractivity contribution in [1.29, 1.82) is 0 Å². The first kappa shape index (κ1) is 14.2. The molecule has 0 atom stereocenters. The van der Waals surface area contributed by atoms with Crippen LogP contribution in [0.2, 0.25) is 0 Å². The Morgan fingerprint density at radius 2 is 2.17 bits per heavy atom. The van der Waals surface area contributed by atoms with Gasteiger partial charge in [0.25, 0.3) is 0 Å². The number of fused-ring (bicyclic) bond motifs is 1. The number of benzene rings is 1. The van der Waals surface area contributed by atoms with Crippen LogP contribution >= 0.6 is 0 Å². The molecule has 0 bridgehead atoms. The Morgan fingerprint density at radius 3 is 2.91 bits per heavy atom. The summed E-state index contributed by atoms with van der Waals surface area (Å²) in [6.07, 6.45) is 6.24. The Labute approximate surface area is 134 Å². The lowest BCUT2D eigenvalue weighted by Gasteiger charge is -2.17. The molecule has 0 unspecified atom stereocenters. The second kappa shape index (κ2) is 5.33. The first-order valence-electron chi connectivity index (χ1n) is 7.92. The highest BCUT2D eigenvalue weighted by Gasteiger charge is 2.43. The van der Waals surface area contributed by atoms with Gasteiger partial charge in [-0.3, -0.25) is 4.68 Å². The SMILES string of the molecule is Cc1cc(NCC2(Cn3cccn3)CC2)nc2ccc(F)cc12. The van der Waals surface area contributed by atoms with Crippen LogP contribution in [0.3, 0.4) is 0 Å². The molecule has 1 N–H and O–H groups in total. The average molecular weight is 310 g/mol. The molecular weight excluding hydrogens is 291 g/mol. The van der Waals surface area contributed by atoms with Crippen LogP contribution in [0.1, 0.15) is 18.4 Å². The molecule has 118 valence electrons. The van der Waals surface area contributed by atoms with E-state index in [4.69, 9.17) is 0 Å². The number of halogens is 1. The third kappa shape index (κ3) is 2.91. The highest BCUT2D eigenvalue weighted by molar-refractivity contribution is 5.83. The quantitative estimate of drug-likeness (QED) is 0.780. The van der Waals surface area contributed by atoms with Crippen molar-refractivity contribution >= 4 is 16.7 Å². The number of nitrogens with one attached hydrogen (secondary N) is 1. The van der Waals surface area contributed by atoms with E-state index in [-0.39, 0.29) is 11.2 Å². The molecule has 3 aromatic rings. The Hall–Kier alpha value is -2.43. The maximum atomic E-state index is 13.4. The fraction of sp³-hybridized carbons (Fsp3) is 0.333. The number of anilines is 1. The molecule has 4 nitrogen and oxygen atoms in total. The van der Waals surface area contributed by atoms with Crippen molar-refractivity contribution < 1.29 is 4.39 Å². The molecule has 1 aromatic carbocycles. The zero-order chi connectivity index (χ0) is 15.9. The molecule has 5 heteroatoms. The molecule has 0 amide bonds. The second-order valence-electron chi connectivity index (χ2n) is 6.54. The van der Waals surface area contributed by atoms with Gasteiger partial charge in [0.2, 0.25) is 0 Å². The monoisotopic (exact) mass is 310 g/mol. The van der Waals surface area contributed by atoms with E-state index in [1.165, 1.54) is 18.9 Å². The summed E-state index contributed by atoms with van der Waals surface area (Å²) < 4.78 is 15.4. The molecular formula is C18H19FN4. The topological polar surface area (TPSA) is 42.7 Å². The zero-order valence-electron chi connectivity index (χ0n) is 13.1. The first-order chi connectivity index (χ1) is 11.1. The van der Waals surface area contributed by atoms with Gasteiger partial charge in [-0.05, 0) is 55.7 Å². The lowest BCUT2D eigenvalue weighted by molar-refractivity contribution is 0.416. The van der Waals surface area contributed by atoms with Crippen molar-refractivity contribution in [1.82, 2.24) is 14.8 Å². The van der Waals surface area contributed by atoms with Crippen molar-refractivity contribution in [3.8, 4) is 0 Å². The van der Waals surface area contributed by atoms with Gasteiger partial charge in [-0.2, -0.15) is 5.10 Å². The van der Waals surface area contributed by atoms with Crippen molar-refractivity contribution in [2.45, 2.75) is 26.3 Å². The Morgan fingerprint density at radius 1 is 1.30 bits per heavy atom. The van der Waals surface area contributed by atoms with Gasteiger partial charge in [0.15, 0.2) is 0 Å². The number of rotatable bonds is 5. The fourth-order valence-corrected chi connectivity index (χ4v) is 3.04. The van der Waals surface area contributed by atoms with E-state index < -0.39 is 0 Å². The number of hydrogen-bond donors (Lipinski definition) is 1. The third-order valence-corrected chi connectivity index (χ3v) is 4.64. The number of pyridine rings is 1. The zero-order valence-corrected chi connectivity index (χ0v) is 13.1. The summed E-state index contributed by atoms with van der Waals surface area (Å²) >= 11 is 0. The molecule has 4 rings (SSSR count). The molecule has 0 radical (unpaired) electrons. The summed E-state index contributed by atoms with van der Waals surface area (Å²) in [5.41, 5.74) is 2.14. The number of hydrogen-bond acceptors (Lipinski definition) is 3. The highest BCUT2D eigenvalue weighted by Crippen LogP contribution is 2.47. The molecule has 2 aromatic heterocycles. The summed E-state index contributed by atoms with van der Waals surface area (Å²) in [5.74, 6) is 0.632. The third-order valence-electron chi connectivity index (χ3n) is 4.64. The number of nitrogens with zero attached hydrogens (tertiary/aromatic N) is 3. The van der Waals surface area contributed by atoms with Gasteiger partial charge in [-0.25, -0.2) is 9.37 Å². The van der Waals surface area contributed by atoms with E-state index in [0.717, 1.165) is 35.4 Å². The molecule has 2 heterocycles. The second-order valence-corrected chi connectivity index (χ2v) is 6.54. The molecule has 1 fully saturated rings. The largest absolute Gasteiger partial charge is 0.369 e. The first-order valence-corrected chi connectivity index (χ1v) is 7.92. The van der Waals surface area contributed by atoms with E-state index in [0.29, 0.717) is 0 Å². The maximum Gasteiger partial charge on any atom is 0.126 e. The van der Waals surface area contributed by atoms with E-state index in [9.17, 15) is 4.39 Å². The lowest BCUT2D eigenvalue weighted by Crippen LogP contribution is -2.22. The number of aryl methyl sites for hydroxylation is 1. The van der Waals surface area contributed by atoms with Gasteiger partial charge in [0, 0.05) is 36.3 Å². The van der Waals surface area contributed by atoms with Gasteiger partial charge in [0.1, 0.15) is 11.6 Å². The van der Waals surface area contributed by atoms with E-state index in [2.05, 4.69) is 15.4 Å². The Balaban J connectivity index is 1.51. The van der Waals surface area contributed by atoms with Crippen molar-refractivity contribution in [3.05, 3.63) is 54.1 Å². The molecule has 0 aliphatic heterocycles. The predicted molar refractivity (Wildman–Crippen MR) is 88.8 cm³/mol. The smallest absolute Gasteiger partial charge is 0.126 e. The minimum absolute atomic E-state index is 0.223. The van der Waals surface area contributed by atoms with Gasteiger partial charge >= 0.3 is 0 Å². The minimum atomic E-state index is -0.223. The molecule has 0 spiro atoms. The van der Waals surface area contributed by atoms with E-state index >= 15 is 0 Å². The van der Waals surface area contributed by atoms with Crippen LogP contribution in [0.15, 0.2) is 42.7 Å². The van der Waals surface area contributed by atoms with Crippen LogP contribution in [0, 0.1) is 18.2 Å². The van der Waals surface area contributed by atoms with Crippen LogP contribution in [0.5, 0.6) is 0 Å². The van der Waals surface area contributed by atoms with Crippen molar-refractivity contribution in [3.63, 3.8) is 0 Å². The van der Waals surface area contributed by atoms with E-state index in [1.54, 1.807) is 12.1 Å². The number of aromatic nitrogens is 3. The van der Waals surface area contributed by atoms with Gasteiger partial charge in [-0.1, -0.05) is 0 Å². The van der Waals surface area contributed by atoms with Crippen LogP contribution in [0.4, 0.5) is 10.2 Å². The van der Waals surface area contributed by atoms with Gasteiger partial charge < -0.3 is 5.32 Å². The average Bonchev–Trinajstić information content (AvgIpc) is 3.10. The summed E-state index contributed by atoms with van der Waals surface area (Å²) in [6, 6.07) is 8.68. The van der Waals surface area contributed by atoms with Crippen LogP contribution in [0.25, 0.3) is 10.9 Å². The summed E-state index contributed by atoms with van der Waals surface area (Å²) in [5, 5.41) is 8.63. The molecule has 0 saturated heterocycles. The van der Waals surface area contributed by atoms with Crippen LogP contribution < -0.4 is 5.32 Å².